The van der Waals surface area contributed by atoms with Gasteiger partial charge in [0.05, 0.1) is 0 Å². The second kappa shape index (κ2) is 5.26. The lowest BCUT2D eigenvalue weighted by Crippen LogP contribution is -2.27. The van der Waals surface area contributed by atoms with Gasteiger partial charge in [-0.1, -0.05) is 20.8 Å². The lowest BCUT2D eigenvalue weighted by Gasteiger charge is -2.19. The highest BCUT2D eigenvalue weighted by atomic mass is 14.9. The van der Waals surface area contributed by atoms with Crippen molar-refractivity contribution < 1.29 is 0 Å². The van der Waals surface area contributed by atoms with E-state index in [9.17, 15) is 0 Å². The van der Waals surface area contributed by atoms with E-state index in [2.05, 4.69) is 49.1 Å². The molecule has 2 rings (SSSR count). The number of nitrogens with zero attached hydrogens (tertiary/aromatic N) is 1. The zero-order chi connectivity index (χ0) is 12.3. The molecule has 1 aliphatic rings. The molecule has 2 heteroatoms. The first-order valence-corrected chi connectivity index (χ1v) is 7.02. The van der Waals surface area contributed by atoms with Crippen LogP contribution in [0, 0.1) is 11.3 Å². The molecular weight excluding hydrogens is 208 g/mol. The van der Waals surface area contributed by atoms with Gasteiger partial charge in [0.25, 0.3) is 0 Å². The summed E-state index contributed by atoms with van der Waals surface area (Å²) in [7, 11) is 0. The Kier molecular flexibility index (Phi) is 3.93. The molecule has 1 fully saturated rings. The van der Waals surface area contributed by atoms with Gasteiger partial charge in [-0.25, -0.2) is 0 Å². The van der Waals surface area contributed by atoms with E-state index in [1.807, 2.05) is 0 Å². The van der Waals surface area contributed by atoms with Crippen LogP contribution in [0.1, 0.15) is 45.6 Å². The molecular formula is C15H26N2. The SMILES string of the molecule is CCCn1ccc(CNCC2(C(C)C)CC2)c1. The predicted octanol–water partition coefficient (Wildman–Crippen LogP) is 3.42. The number of hydrogen-bond donors (Lipinski definition) is 1. The van der Waals surface area contributed by atoms with Crippen LogP contribution in [0.3, 0.4) is 0 Å². The van der Waals surface area contributed by atoms with Crippen molar-refractivity contribution in [2.24, 2.45) is 11.3 Å². The largest absolute Gasteiger partial charge is 0.354 e. The van der Waals surface area contributed by atoms with E-state index in [4.69, 9.17) is 0 Å². The monoisotopic (exact) mass is 234 g/mol. The standard InChI is InChI=1S/C15H26N2/c1-4-8-17-9-5-14(11-17)10-16-12-15(6-7-15)13(2)3/h5,9,11,13,16H,4,6-8,10,12H2,1-3H3. The third-order valence-corrected chi connectivity index (χ3v) is 4.22. The van der Waals surface area contributed by atoms with Gasteiger partial charge in [0.2, 0.25) is 0 Å². The van der Waals surface area contributed by atoms with Crippen molar-refractivity contribution >= 4 is 0 Å². The zero-order valence-electron chi connectivity index (χ0n) is 11.5. The molecule has 0 unspecified atom stereocenters. The molecule has 0 spiro atoms. The molecule has 2 nitrogen and oxygen atoms in total. The van der Waals surface area contributed by atoms with Crippen molar-refractivity contribution in [1.29, 1.82) is 0 Å². The first kappa shape index (κ1) is 12.7. The fourth-order valence-electron chi connectivity index (χ4n) is 2.57. The highest BCUT2D eigenvalue weighted by molar-refractivity contribution is 5.10. The molecule has 1 aromatic heterocycles. The molecule has 0 radical (unpaired) electrons. The van der Waals surface area contributed by atoms with Crippen molar-refractivity contribution in [3.05, 3.63) is 24.0 Å². The predicted molar refractivity (Wildman–Crippen MR) is 72.9 cm³/mol. The second-order valence-corrected chi connectivity index (χ2v) is 5.88. The third-order valence-electron chi connectivity index (χ3n) is 4.22. The molecule has 0 aliphatic heterocycles. The maximum absolute atomic E-state index is 3.63. The van der Waals surface area contributed by atoms with Crippen molar-refractivity contribution in [3.8, 4) is 0 Å². The first-order chi connectivity index (χ1) is 8.16. The van der Waals surface area contributed by atoms with E-state index < -0.39 is 0 Å². The van der Waals surface area contributed by atoms with Gasteiger partial charge in [-0.15, -0.1) is 0 Å². The van der Waals surface area contributed by atoms with Gasteiger partial charge >= 0.3 is 0 Å². The Labute approximate surface area is 105 Å². The van der Waals surface area contributed by atoms with E-state index >= 15 is 0 Å². The quantitative estimate of drug-likeness (QED) is 0.765. The molecule has 0 saturated heterocycles. The van der Waals surface area contributed by atoms with Gasteiger partial charge in [0.1, 0.15) is 0 Å². The Bertz CT molecular complexity index is 348. The van der Waals surface area contributed by atoms with Crippen LogP contribution in [-0.2, 0) is 13.1 Å². The minimum atomic E-state index is 0.617. The summed E-state index contributed by atoms with van der Waals surface area (Å²) < 4.78 is 2.28. The Morgan fingerprint density at radius 3 is 2.76 bits per heavy atom. The molecule has 1 aromatic rings. The normalized spacial score (nSPS) is 17.6. The van der Waals surface area contributed by atoms with Crippen molar-refractivity contribution in [2.45, 2.75) is 53.1 Å². The topological polar surface area (TPSA) is 17.0 Å². The van der Waals surface area contributed by atoms with E-state index in [-0.39, 0.29) is 0 Å². The lowest BCUT2D eigenvalue weighted by atomic mass is 9.92. The van der Waals surface area contributed by atoms with E-state index in [1.165, 1.54) is 31.4 Å². The van der Waals surface area contributed by atoms with Gasteiger partial charge in [0, 0.05) is 32.0 Å². The van der Waals surface area contributed by atoms with Gasteiger partial charge in [-0.3, -0.25) is 0 Å². The van der Waals surface area contributed by atoms with Crippen LogP contribution in [0.4, 0.5) is 0 Å². The smallest absolute Gasteiger partial charge is 0.0220 e. The minimum Gasteiger partial charge on any atom is -0.354 e. The number of hydrogen-bond acceptors (Lipinski definition) is 1. The highest BCUT2D eigenvalue weighted by Gasteiger charge is 2.44. The Morgan fingerprint density at radius 2 is 2.18 bits per heavy atom. The molecule has 0 aromatic carbocycles. The first-order valence-electron chi connectivity index (χ1n) is 7.02. The van der Waals surface area contributed by atoms with Gasteiger partial charge in [0.15, 0.2) is 0 Å². The van der Waals surface area contributed by atoms with Gasteiger partial charge in [-0.2, -0.15) is 0 Å². The van der Waals surface area contributed by atoms with E-state index in [0.717, 1.165) is 19.0 Å². The van der Waals surface area contributed by atoms with Crippen LogP contribution in [-0.4, -0.2) is 11.1 Å². The van der Waals surface area contributed by atoms with Crippen molar-refractivity contribution in [2.75, 3.05) is 6.54 Å². The molecule has 0 atom stereocenters. The summed E-state index contributed by atoms with van der Waals surface area (Å²) in [6, 6.07) is 2.23. The average Bonchev–Trinajstić information content (AvgIpc) is 2.95. The van der Waals surface area contributed by atoms with Gasteiger partial charge < -0.3 is 9.88 Å². The van der Waals surface area contributed by atoms with Crippen molar-refractivity contribution in [1.82, 2.24) is 9.88 Å². The van der Waals surface area contributed by atoms with Crippen LogP contribution < -0.4 is 5.32 Å². The minimum absolute atomic E-state index is 0.617. The number of nitrogens with one attached hydrogen (secondary N) is 1. The second-order valence-electron chi connectivity index (χ2n) is 5.88. The maximum Gasteiger partial charge on any atom is 0.0220 e. The summed E-state index contributed by atoms with van der Waals surface area (Å²) in [5.41, 5.74) is 2.03. The van der Waals surface area contributed by atoms with E-state index in [1.54, 1.807) is 0 Å². The molecule has 1 aliphatic carbocycles. The zero-order valence-corrected chi connectivity index (χ0v) is 11.5. The Morgan fingerprint density at radius 1 is 1.41 bits per heavy atom. The molecule has 1 N–H and O–H groups in total. The molecule has 96 valence electrons. The summed E-state index contributed by atoms with van der Waals surface area (Å²) >= 11 is 0. The Hall–Kier alpha value is -0.760. The maximum atomic E-state index is 3.63. The summed E-state index contributed by atoms with van der Waals surface area (Å²) in [4.78, 5) is 0. The number of rotatable bonds is 7. The molecule has 0 amide bonds. The molecule has 1 heterocycles. The summed E-state index contributed by atoms with van der Waals surface area (Å²) in [6.07, 6.45) is 8.49. The lowest BCUT2D eigenvalue weighted by molar-refractivity contribution is 0.338. The molecule has 1 saturated carbocycles. The van der Waals surface area contributed by atoms with Crippen LogP contribution in [0.15, 0.2) is 18.5 Å². The summed E-state index contributed by atoms with van der Waals surface area (Å²) in [5, 5.41) is 3.63. The van der Waals surface area contributed by atoms with Crippen LogP contribution in [0.5, 0.6) is 0 Å². The number of aromatic nitrogens is 1. The fourth-order valence-corrected chi connectivity index (χ4v) is 2.57. The van der Waals surface area contributed by atoms with Crippen molar-refractivity contribution in [3.63, 3.8) is 0 Å². The van der Waals surface area contributed by atoms with E-state index in [0.29, 0.717) is 5.41 Å². The number of aryl methyl sites for hydroxylation is 1. The van der Waals surface area contributed by atoms with Crippen LogP contribution in [0.2, 0.25) is 0 Å². The molecule has 17 heavy (non-hydrogen) atoms. The summed E-state index contributed by atoms with van der Waals surface area (Å²) in [6.45, 7) is 10.3. The highest BCUT2D eigenvalue weighted by Crippen LogP contribution is 2.51. The third kappa shape index (κ3) is 3.12. The van der Waals surface area contributed by atoms with Crippen LogP contribution >= 0.6 is 0 Å². The van der Waals surface area contributed by atoms with Crippen LogP contribution in [0.25, 0.3) is 0 Å². The Balaban J connectivity index is 1.74. The van der Waals surface area contributed by atoms with Gasteiger partial charge in [-0.05, 0) is 42.2 Å². The average molecular weight is 234 g/mol. The molecule has 0 bridgehead atoms. The summed E-state index contributed by atoms with van der Waals surface area (Å²) in [5.74, 6) is 0.819. The fraction of sp³-hybridized carbons (Fsp3) is 0.733.